The lowest BCUT2D eigenvalue weighted by Gasteiger charge is -2.06. The van der Waals surface area contributed by atoms with E-state index in [0.717, 1.165) is 10.7 Å². The molecule has 0 spiro atoms. The highest BCUT2D eigenvalue weighted by Crippen LogP contribution is 2.29. The summed E-state index contributed by atoms with van der Waals surface area (Å²) in [5.41, 5.74) is 6.26. The summed E-state index contributed by atoms with van der Waals surface area (Å²) in [6.07, 6.45) is 0. The van der Waals surface area contributed by atoms with Crippen molar-refractivity contribution in [1.82, 2.24) is 4.98 Å². The Morgan fingerprint density at radius 3 is 2.95 bits per heavy atom. The molecular weight excluding hydrogens is 296 g/mol. The van der Waals surface area contributed by atoms with Crippen LogP contribution >= 0.6 is 11.3 Å². The lowest BCUT2D eigenvalue weighted by atomic mass is 10.1. The summed E-state index contributed by atoms with van der Waals surface area (Å²) in [7, 11) is 0. The standard InChI is InChI=1S/C12H12N4O4S/c1-7-6-21-11(14-7)5-20-10-3-2-8(12(13)15-17)4-9(10)16(18)19/h2-4,6,17H,5H2,1H3,(H2,13,15). The summed E-state index contributed by atoms with van der Waals surface area (Å²) in [6, 6.07) is 4.08. The molecule has 8 nitrogen and oxygen atoms in total. The Morgan fingerprint density at radius 2 is 2.38 bits per heavy atom. The molecule has 0 saturated heterocycles. The second-order valence-corrected chi connectivity index (χ2v) is 5.04. The number of hydrogen-bond donors (Lipinski definition) is 2. The van der Waals surface area contributed by atoms with Gasteiger partial charge in [-0.25, -0.2) is 4.98 Å². The van der Waals surface area contributed by atoms with Crippen molar-refractivity contribution in [3.8, 4) is 5.75 Å². The van der Waals surface area contributed by atoms with E-state index in [0.29, 0.717) is 0 Å². The molecule has 0 aliphatic carbocycles. The van der Waals surface area contributed by atoms with Gasteiger partial charge in [-0.15, -0.1) is 11.3 Å². The van der Waals surface area contributed by atoms with Crippen LogP contribution in [0.3, 0.4) is 0 Å². The molecule has 0 fully saturated rings. The molecule has 3 N–H and O–H groups in total. The first-order chi connectivity index (χ1) is 10.0. The quantitative estimate of drug-likeness (QED) is 0.286. The number of aryl methyl sites for hydroxylation is 1. The van der Waals surface area contributed by atoms with Crippen LogP contribution in [-0.4, -0.2) is 21.0 Å². The second kappa shape index (κ2) is 6.18. The van der Waals surface area contributed by atoms with Crippen molar-refractivity contribution >= 4 is 22.9 Å². The Balaban J connectivity index is 2.24. The van der Waals surface area contributed by atoms with Crippen LogP contribution in [0.5, 0.6) is 5.75 Å². The zero-order chi connectivity index (χ0) is 15.4. The number of nitrogens with zero attached hydrogens (tertiary/aromatic N) is 3. The largest absolute Gasteiger partial charge is 0.479 e. The Kier molecular flexibility index (Phi) is 4.33. The van der Waals surface area contributed by atoms with Gasteiger partial charge < -0.3 is 15.7 Å². The maximum atomic E-state index is 11.1. The van der Waals surface area contributed by atoms with E-state index in [1.165, 1.54) is 29.5 Å². The molecule has 1 heterocycles. The molecule has 0 unspecified atom stereocenters. The number of rotatable bonds is 5. The van der Waals surface area contributed by atoms with E-state index in [4.69, 9.17) is 15.7 Å². The Morgan fingerprint density at radius 1 is 1.62 bits per heavy atom. The SMILES string of the molecule is Cc1csc(COc2ccc(/C(N)=N/O)cc2[N+](=O)[O-])n1. The summed E-state index contributed by atoms with van der Waals surface area (Å²) >= 11 is 1.42. The van der Waals surface area contributed by atoms with Crippen molar-refractivity contribution in [2.24, 2.45) is 10.9 Å². The zero-order valence-corrected chi connectivity index (χ0v) is 11.8. The third kappa shape index (κ3) is 3.45. The van der Waals surface area contributed by atoms with Crippen molar-refractivity contribution < 1.29 is 14.9 Å². The van der Waals surface area contributed by atoms with Crippen molar-refractivity contribution in [2.75, 3.05) is 0 Å². The number of amidine groups is 1. The van der Waals surface area contributed by atoms with Gasteiger partial charge in [0, 0.05) is 22.7 Å². The number of benzene rings is 1. The molecule has 0 atom stereocenters. The van der Waals surface area contributed by atoms with Crippen LogP contribution in [0.2, 0.25) is 0 Å². The van der Waals surface area contributed by atoms with Crippen molar-refractivity contribution in [1.29, 1.82) is 0 Å². The number of aromatic nitrogens is 1. The summed E-state index contributed by atoms with van der Waals surface area (Å²) in [4.78, 5) is 14.7. The number of thiazole rings is 1. The van der Waals surface area contributed by atoms with Crippen LogP contribution in [0.4, 0.5) is 5.69 Å². The lowest BCUT2D eigenvalue weighted by Crippen LogP contribution is -2.13. The van der Waals surface area contributed by atoms with Crippen LogP contribution in [0.25, 0.3) is 0 Å². The fourth-order valence-corrected chi connectivity index (χ4v) is 2.29. The van der Waals surface area contributed by atoms with Crippen molar-refractivity contribution in [3.63, 3.8) is 0 Å². The Labute approximate surface area is 123 Å². The van der Waals surface area contributed by atoms with Gasteiger partial charge in [0.15, 0.2) is 11.6 Å². The van der Waals surface area contributed by atoms with Gasteiger partial charge in [0.05, 0.1) is 4.92 Å². The van der Waals surface area contributed by atoms with E-state index in [1.54, 1.807) is 0 Å². The van der Waals surface area contributed by atoms with Crippen LogP contribution in [0.15, 0.2) is 28.7 Å². The van der Waals surface area contributed by atoms with E-state index in [1.807, 2.05) is 12.3 Å². The molecule has 0 amide bonds. The highest BCUT2D eigenvalue weighted by Gasteiger charge is 2.18. The van der Waals surface area contributed by atoms with Gasteiger partial charge in [-0.3, -0.25) is 10.1 Å². The fourth-order valence-electron chi connectivity index (χ4n) is 1.61. The number of ether oxygens (including phenoxy) is 1. The molecule has 21 heavy (non-hydrogen) atoms. The minimum absolute atomic E-state index is 0.0994. The number of hydrogen-bond acceptors (Lipinski definition) is 7. The van der Waals surface area contributed by atoms with E-state index in [2.05, 4.69) is 10.1 Å². The molecule has 2 rings (SSSR count). The highest BCUT2D eigenvalue weighted by atomic mass is 32.1. The van der Waals surface area contributed by atoms with Gasteiger partial charge in [0.2, 0.25) is 0 Å². The zero-order valence-electron chi connectivity index (χ0n) is 11.0. The predicted molar refractivity (Wildman–Crippen MR) is 76.8 cm³/mol. The lowest BCUT2D eigenvalue weighted by molar-refractivity contribution is -0.386. The first kappa shape index (κ1) is 14.7. The van der Waals surface area contributed by atoms with Crippen molar-refractivity contribution in [2.45, 2.75) is 13.5 Å². The summed E-state index contributed by atoms with van der Waals surface area (Å²) in [6.45, 7) is 2.00. The van der Waals surface area contributed by atoms with Crippen LogP contribution in [0, 0.1) is 17.0 Å². The average molecular weight is 308 g/mol. The smallest absolute Gasteiger partial charge is 0.311 e. The molecular formula is C12H12N4O4S. The topological polar surface area (TPSA) is 124 Å². The highest BCUT2D eigenvalue weighted by molar-refractivity contribution is 7.09. The normalized spacial score (nSPS) is 11.4. The molecule has 1 aromatic carbocycles. The van der Waals surface area contributed by atoms with Gasteiger partial charge in [-0.05, 0) is 19.1 Å². The summed E-state index contributed by atoms with van der Waals surface area (Å²) in [5, 5.41) is 25.1. The van der Waals surface area contributed by atoms with E-state index < -0.39 is 4.92 Å². The number of nitrogens with two attached hydrogens (primary N) is 1. The molecule has 2 aromatic rings. The first-order valence-electron chi connectivity index (χ1n) is 5.81. The molecule has 0 aliphatic heterocycles. The van der Waals surface area contributed by atoms with Crippen LogP contribution in [-0.2, 0) is 6.61 Å². The van der Waals surface area contributed by atoms with Gasteiger partial charge in [-0.2, -0.15) is 0 Å². The number of nitro benzene ring substituents is 1. The van der Waals surface area contributed by atoms with Crippen LogP contribution < -0.4 is 10.5 Å². The second-order valence-electron chi connectivity index (χ2n) is 4.10. The van der Waals surface area contributed by atoms with E-state index >= 15 is 0 Å². The molecule has 0 bridgehead atoms. The van der Waals surface area contributed by atoms with Gasteiger partial charge in [0.1, 0.15) is 11.6 Å². The molecule has 0 aliphatic rings. The number of oxime groups is 1. The van der Waals surface area contributed by atoms with E-state index in [9.17, 15) is 10.1 Å². The Hall–Kier alpha value is -2.68. The van der Waals surface area contributed by atoms with Gasteiger partial charge >= 0.3 is 5.69 Å². The predicted octanol–water partition coefficient (Wildman–Crippen LogP) is 2.03. The molecule has 9 heteroatoms. The third-order valence-electron chi connectivity index (χ3n) is 2.58. The summed E-state index contributed by atoms with van der Waals surface area (Å²) < 4.78 is 5.43. The van der Waals surface area contributed by atoms with Crippen molar-refractivity contribution in [3.05, 3.63) is 50.0 Å². The summed E-state index contributed by atoms with van der Waals surface area (Å²) in [5.74, 6) is -0.109. The molecule has 1 aromatic heterocycles. The molecule has 110 valence electrons. The fraction of sp³-hybridized carbons (Fsp3) is 0.167. The third-order valence-corrected chi connectivity index (χ3v) is 3.52. The number of nitro groups is 1. The Bertz CT molecular complexity index is 698. The minimum atomic E-state index is -0.587. The molecule has 0 saturated carbocycles. The van der Waals surface area contributed by atoms with Gasteiger partial charge in [0.25, 0.3) is 0 Å². The van der Waals surface area contributed by atoms with E-state index in [-0.39, 0.29) is 29.4 Å². The van der Waals surface area contributed by atoms with Crippen LogP contribution in [0.1, 0.15) is 16.3 Å². The maximum Gasteiger partial charge on any atom is 0.311 e. The first-order valence-corrected chi connectivity index (χ1v) is 6.69. The van der Waals surface area contributed by atoms with Gasteiger partial charge in [-0.1, -0.05) is 5.16 Å². The monoisotopic (exact) mass is 308 g/mol. The average Bonchev–Trinajstić information content (AvgIpc) is 2.89. The minimum Gasteiger partial charge on any atom is -0.479 e. The maximum absolute atomic E-state index is 11.1. The molecule has 0 radical (unpaired) electrons.